The van der Waals surface area contributed by atoms with Gasteiger partial charge >= 0.3 is 0 Å². The molecule has 1 atom stereocenters. The van der Waals surface area contributed by atoms with Gasteiger partial charge in [0, 0.05) is 6.54 Å². The van der Waals surface area contributed by atoms with Gasteiger partial charge in [-0.15, -0.1) is 0 Å². The van der Waals surface area contributed by atoms with Gasteiger partial charge in [0.15, 0.2) is 0 Å². The van der Waals surface area contributed by atoms with Crippen LogP contribution in [0.2, 0.25) is 0 Å². The van der Waals surface area contributed by atoms with Gasteiger partial charge in [-0.2, -0.15) is 5.26 Å². The lowest BCUT2D eigenvalue weighted by atomic mass is 9.69. The number of nitrogens with one attached hydrogen (secondary N) is 1. The molecule has 0 saturated carbocycles. The van der Waals surface area contributed by atoms with Crippen molar-refractivity contribution in [1.82, 2.24) is 5.32 Å². The summed E-state index contributed by atoms with van der Waals surface area (Å²) in [6.45, 7) is 13.9. The Morgan fingerprint density at radius 2 is 1.69 bits per heavy atom. The van der Waals surface area contributed by atoms with E-state index in [9.17, 15) is 0 Å². The molecule has 0 aliphatic carbocycles. The summed E-state index contributed by atoms with van der Waals surface area (Å²) in [5, 5.41) is 11.8. The molecule has 13 heavy (non-hydrogen) atoms. The maximum Gasteiger partial charge on any atom is 0.0924 e. The van der Waals surface area contributed by atoms with E-state index in [4.69, 9.17) is 5.26 Å². The van der Waals surface area contributed by atoms with Crippen LogP contribution in [0.1, 0.15) is 41.5 Å². The monoisotopic (exact) mass is 182 g/mol. The van der Waals surface area contributed by atoms with Crippen molar-refractivity contribution in [1.29, 1.82) is 5.26 Å². The fourth-order valence-electron chi connectivity index (χ4n) is 0.719. The van der Waals surface area contributed by atoms with Crippen LogP contribution in [0.25, 0.3) is 0 Å². The lowest BCUT2D eigenvalue weighted by Gasteiger charge is -2.39. The van der Waals surface area contributed by atoms with Crippen molar-refractivity contribution in [3.05, 3.63) is 0 Å². The Balaban J connectivity index is 4.14. The van der Waals surface area contributed by atoms with Gasteiger partial charge in [0.1, 0.15) is 0 Å². The van der Waals surface area contributed by atoms with E-state index in [1.165, 1.54) is 0 Å². The molecule has 2 nitrogen and oxygen atoms in total. The van der Waals surface area contributed by atoms with Gasteiger partial charge in [-0.1, -0.05) is 34.6 Å². The first-order chi connectivity index (χ1) is 5.70. The zero-order valence-electron chi connectivity index (χ0n) is 9.73. The Kier molecular flexibility index (Phi) is 3.93. The number of nitriles is 1. The standard InChI is InChI=1S/C11H22N2/c1-9(7-12)13-8-11(5,6)10(2,3)4/h9,13H,8H2,1-6H3. The van der Waals surface area contributed by atoms with Crippen molar-refractivity contribution in [2.75, 3.05) is 6.54 Å². The molecule has 0 saturated heterocycles. The molecule has 0 rings (SSSR count). The predicted molar refractivity (Wildman–Crippen MR) is 56.3 cm³/mol. The van der Waals surface area contributed by atoms with E-state index in [0.29, 0.717) is 0 Å². The first-order valence-electron chi connectivity index (χ1n) is 4.84. The van der Waals surface area contributed by atoms with Crippen LogP contribution in [0.3, 0.4) is 0 Å². The van der Waals surface area contributed by atoms with Gasteiger partial charge in [0.05, 0.1) is 12.1 Å². The number of rotatable bonds is 3. The molecule has 0 aromatic rings. The van der Waals surface area contributed by atoms with Crippen LogP contribution < -0.4 is 5.32 Å². The minimum atomic E-state index is -0.0541. The van der Waals surface area contributed by atoms with E-state index >= 15 is 0 Å². The molecule has 1 N–H and O–H groups in total. The number of hydrogen-bond acceptors (Lipinski definition) is 2. The number of hydrogen-bond donors (Lipinski definition) is 1. The normalized spacial score (nSPS) is 15.2. The third-order valence-electron chi connectivity index (χ3n) is 3.07. The minimum absolute atomic E-state index is 0.0541. The molecule has 0 heterocycles. The van der Waals surface area contributed by atoms with Crippen LogP contribution in [0, 0.1) is 22.2 Å². The molecule has 0 aromatic heterocycles. The molecule has 0 amide bonds. The Labute approximate surface area is 82.3 Å². The first kappa shape index (κ1) is 12.4. The topological polar surface area (TPSA) is 35.8 Å². The highest BCUT2D eigenvalue weighted by Gasteiger charge is 2.32. The number of nitrogens with zero attached hydrogens (tertiary/aromatic N) is 1. The van der Waals surface area contributed by atoms with Crippen molar-refractivity contribution in [2.45, 2.75) is 47.6 Å². The highest BCUT2D eigenvalue weighted by atomic mass is 14.9. The Morgan fingerprint density at radius 1 is 1.23 bits per heavy atom. The second-order valence-corrected chi connectivity index (χ2v) is 5.37. The zero-order chi connectivity index (χ0) is 10.7. The maximum atomic E-state index is 8.62. The van der Waals surface area contributed by atoms with Crippen LogP contribution >= 0.6 is 0 Å². The van der Waals surface area contributed by atoms with E-state index in [2.05, 4.69) is 46.0 Å². The largest absolute Gasteiger partial charge is 0.302 e. The second kappa shape index (κ2) is 4.11. The summed E-state index contributed by atoms with van der Waals surface area (Å²) in [7, 11) is 0. The van der Waals surface area contributed by atoms with E-state index in [1.807, 2.05) is 6.92 Å². The fourth-order valence-corrected chi connectivity index (χ4v) is 0.719. The summed E-state index contributed by atoms with van der Waals surface area (Å²) in [6.07, 6.45) is 0. The fraction of sp³-hybridized carbons (Fsp3) is 0.909. The average Bonchev–Trinajstić information content (AvgIpc) is 1.98. The summed E-state index contributed by atoms with van der Waals surface area (Å²) in [5.41, 5.74) is 0.466. The highest BCUT2D eigenvalue weighted by Crippen LogP contribution is 2.36. The first-order valence-corrected chi connectivity index (χ1v) is 4.84. The predicted octanol–water partition coefficient (Wildman–Crippen LogP) is 2.56. The Morgan fingerprint density at radius 3 is 2.00 bits per heavy atom. The lowest BCUT2D eigenvalue weighted by molar-refractivity contribution is 0.128. The molecule has 1 unspecified atom stereocenters. The van der Waals surface area contributed by atoms with Gasteiger partial charge in [0.25, 0.3) is 0 Å². The second-order valence-electron chi connectivity index (χ2n) is 5.37. The molecule has 0 aliphatic rings. The van der Waals surface area contributed by atoms with Crippen molar-refractivity contribution < 1.29 is 0 Å². The summed E-state index contributed by atoms with van der Waals surface area (Å²) in [5.74, 6) is 0. The molecule has 2 heteroatoms. The molecule has 0 spiro atoms. The zero-order valence-corrected chi connectivity index (χ0v) is 9.73. The molecule has 76 valence electrons. The lowest BCUT2D eigenvalue weighted by Crippen LogP contribution is -2.42. The van der Waals surface area contributed by atoms with Crippen molar-refractivity contribution in [3.8, 4) is 6.07 Å². The SMILES string of the molecule is CC(C#N)NCC(C)(C)C(C)(C)C. The van der Waals surface area contributed by atoms with Gasteiger partial charge in [-0.05, 0) is 17.8 Å². The van der Waals surface area contributed by atoms with Crippen molar-refractivity contribution >= 4 is 0 Å². The molecular formula is C11H22N2. The highest BCUT2D eigenvalue weighted by molar-refractivity contribution is 4.90. The van der Waals surface area contributed by atoms with Crippen LogP contribution in [0.15, 0.2) is 0 Å². The van der Waals surface area contributed by atoms with Crippen LogP contribution in [0.4, 0.5) is 0 Å². The quantitative estimate of drug-likeness (QED) is 0.728. The minimum Gasteiger partial charge on any atom is -0.302 e. The van der Waals surface area contributed by atoms with E-state index in [1.54, 1.807) is 0 Å². The van der Waals surface area contributed by atoms with Gasteiger partial charge in [0.2, 0.25) is 0 Å². The smallest absolute Gasteiger partial charge is 0.0924 e. The summed E-state index contributed by atoms with van der Waals surface area (Å²) >= 11 is 0. The Hall–Kier alpha value is -0.550. The maximum absolute atomic E-state index is 8.62. The van der Waals surface area contributed by atoms with E-state index in [0.717, 1.165) is 6.54 Å². The van der Waals surface area contributed by atoms with E-state index in [-0.39, 0.29) is 16.9 Å². The average molecular weight is 182 g/mol. The molecule has 0 fully saturated rings. The van der Waals surface area contributed by atoms with Gasteiger partial charge in [-0.3, -0.25) is 0 Å². The Bertz CT molecular complexity index is 193. The summed E-state index contributed by atoms with van der Waals surface area (Å²) in [4.78, 5) is 0. The molecule has 0 aromatic carbocycles. The molecule has 0 radical (unpaired) electrons. The molecule has 0 bridgehead atoms. The van der Waals surface area contributed by atoms with E-state index < -0.39 is 0 Å². The molecular weight excluding hydrogens is 160 g/mol. The van der Waals surface area contributed by atoms with Crippen molar-refractivity contribution in [3.63, 3.8) is 0 Å². The van der Waals surface area contributed by atoms with Crippen LogP contribution in [-0.2, 0) is 0 Å². The van der Waals surface area contributed by atoms with Gasteiger partial charge < -0.3 is 5.32 Å². The summed E-state index contributed by atoms with van der Waals surface area (Å²) in [6, 6.07) is 2.12. The summed E-state index contributed by atoms with van der Waals surface area (Å²) < 4.78 is 0. The molecule has 0 aliphatic heterocycles. The third-order valence-corrected chi connectivity index (χ3v) is 3.07. The van der Waals surface area contributed by atoms with Crippen LogP contribution in [-0.4, -0.2) is 12.6 Å². The van der Waals surface area contributed by atoms with Crippen molar-refractivity contribution in [2.24, 2.45) is 10.8 Å². The van der Waals surface area contributed by atoms with Gasteiger partial charge in [-0.25, -0.2) is 0 Å². The van der Waals surface area contributed by atoms with Crippen LogP contribution in [0.5, 0.6) is 0 Å². The third kappa shape index (κ3) is 3.78.